The smallest absolute Gasteiger partial charge is 0.0238 e. The molecular formula is C15H22BrN. The fraction of sp³-hybridized carbons (Fsp3) is 0.600. The largest absolute Gasteiger partial charge is 0.299 e. The van der Waals surface area contributed by atoms with Crippen molar-refractivity contribution >= 4 is 15.9 Å². The van der Waals surface area contributed by atoms with Gasteiger partial charge in [-0.05, 0) is 62.4 Å². The summed E-state index contributed by atoms with van der Waals surface area (Å²) in [5, 5.41) is 1.17. The maximum atomic E-state index is 3.60. The van der Waals surface area contributed by atoms with Crippen molar-refractivity contribution in [3.63, 3.8) is 0 Å². The van der Waals surface area contributed by atoms with E-state index in [1.54, 1.807) is 0 Å². The molecule has 1 nitrogen and oxygen atoms in total. The van der Waals surface area contributed by atoms with Crippen molar-refractivity contribution in [2.24, 2.45) is 5.92 Å². The second-order valence-corrected chi connectivity index (χ2v) is 5.89. The topological polar surface area (TPSA) is 3.24 Å². The van der Waals surface area contributed by atoms with E-state index in [9.17, 15) is 0 Å². The zero-order chi connectivity index (χ0) is 12.3. The highest BCUT2D eigenvalue weighted by Gasteiger charge is 2.18. The molecule has 2 rings (SSSR count). The van der Waals surface area contributed by atoms with Gasteiger partial charge in [0.1, 0.15) is 0 Å². The summed E-state index contributed by atoms with van der Waals surface area (Å²) >= 11 is 3.60. The molecule has 0 amide bonds. The van der Waals surface area contributed by atoms with Crippen LogP contribution < -0.4 is 0 Å². The molecule has 0 spiro atoms. The highest BCUT2D eigenvalue weighted by molar-refractivity contribution is 9.09. The Morgan fingerprint density at radius 1 is 1.18 bits per heavy atom. The molecule has 0 bridgehead atoms. The van der Waals surface area contributed by atoms with E-state index in [1.165, 1.54) is 48.0 Å². The third-order valence-corrected chi connectivity index (χ3v) is 4.87. The highest BCUT2D eigenvalue weighted by Crippen LogP contribution is 2.22. The fourth-order valence-electron chi connectivity index (χ4n) is 2.62. The minimum absolute atomic E-state index is 0.893. The van der Waals surface area contributed by atoms with Crippen LogP contribution in [0.4, 0.5) is 0 Å². The first-order valence-corrected chi connectivity index (χ1v) is 7.66. The van der Waals surface area contributed by atoms with Crippen molar-refractivity contribution in [2.45, 2.75) is 33.2 Å². The number of hydrogen-bond acceptors (Lipinski definition) is 1. The van der Waals surface area contributed by atoms with Crippen LogP contribution >= 0.6 is 15.9 Å². The van der Waals surface area contributed by atoms with Crippen LogP contribution in [0.3, 0.4) is 0 Å². The van der Waals surface area contributed by atoms with E-state index in [-0.39, 0.29) is 0 Å². The molecule has 0 radical (unpaired) electrons. The van der Waals surface area contributed by atoms with E-state index in [0.29, 0.717) is 0 Å². The highest BCUT2D eigenvalue weighted by atomic mass is 79.9. The maximum Gasteiger partial charge on any atom is 0.0238 e. The van der Waals surface area contributed by atoms with E-state index in [4.69, 9.17) is 0 Å². The third kappa shape index (κ3) is 3.32. The lowest BCUT2D eigenvalue weighted by molar-refractivity contribution is 0.187. The van der Waals surface area contributed by atoms with Crippen LogP contribution in [0.5, 0.6) is 0 Å². The summed E-state index contributed by atoms with van der Waals surface area (Å²) in [6.07, 6.45) is 2.69. The standard InChI is InChI=1S/C15H22BrN/c1-12-4-3-5-13(2)15(12)11-17-8-6-14(10-16)7-9-17/h3-5,14H,6-11H2,1-2H3. The Morgan fingerprint density at radius 3 is 2.29 bits per heavy atom. The minimum atomic E-state index is 0.893. The monoisotopic (exact) mass is 295 g/mol. The molecule has 0 saturated carbocycles. The number of rotatable bonds is 3. The van der Waals surface area contributed by atoms with Crippen molar-refractivity contribution in [1.82, 2.24) is 4.90 Å². The maximum absolute atomic E-state index is 3.60. The van der Waals surface area contributed by atoms with Crippen LogP contribution in [0.25, 0.3) is 0 Å². The van der Waals surface area contributed by atoms with Crippen molar-refractivity contribution in [3.05, 3.63) is 34.9 Å². The Bertz CT molecular complexity index is 347. The number of piperidine rings is 1. The normalized spacial score (nSPS) is 18.5. The number of nitrogens with zero attached hydrogens (tertiary/aromatic N) is 1. The molecule has 1 aromatic carbocycles. The van der Waals surface area contributed by atoms with Gasteiger partial charge in [0, 0.05) is 11.9 Å². The summed E-state index contributed by atoms with van der Waals surface area (Å²) in [4.78, 5) is 2.61. The molecule has 2 heteroatoms. The van der Waals surface area contributed by atoms with Gasteiger partial charge in [0.05, 0.1) is 0 Å². The minimum Gasteiger partial charge on any atom is -0.299 e. The van der Waals surface area contributed by atoms with Gasteiger partial charge in [-0.3, -0.25) is 4.90 Å². The quantitative estimate of drug-likeness (QED) is 0.764. The fourth-order valence-corrected chi connectivity index (χ4v) is 3.27. The van der Waals surface area contributed by atoms with Gasteiger partial charge in [0.15, 0.2) is 0 Å². The van der Waals surface area contributed by atoms with Crippen molar-refractivity contribution in [2.75, 3.05) is 18.4 Å². The van der Waals surface area contributed by atoms with E-state index in [0.717, 1.165) is 12.5 Å². The SMILES string of the molecule is Cc1cccc(C)c1CN1CCC(CBr)CC1. The lowest BCUT2D eigenvalue weighted by Gasteiger charge is -2.31. The molecule has 1 aromatic rings. The van der Waals surface area contributed by atoms with Gasteiger partial charge in [-0.15, -0.1) is 0 Å². The van der Waals surface area contributed by atoms with Crippen molar-refractivity contribution in [3.8, 4) is 0 Å². The predicted octanol–water partition coefficient (Wildman–Crippen LogP) is 3.91. The van der Waals surface area contributed by atoms with E-state index in [1.807, 2.05) is 0 Å². The third-order valence-electron chi connectivity index (χ3n) is 3.95. The number of hydrogen-bond donors (Lipinski definition) is 0. The molecule has 1 aliphatic heterocycles. The average molecular weight is 296 g/mol. The summed E-state index contributed by atoms with van der Waals surface area (Å²) < 4.78 is 0. The van der Waals surface area contributed by atoms with Crippen LogP contribution in [0.2, 0.25) is 0 Å². The lowest BCUT2D eigenvalue weighted by Crippen LogP contribution is -2.34. The average Bonchev–Trinajstić information content (AvgIpc) is 2.35. The Labute approximate surface area is 113 Å². The zero-order valence-corrected chi connectivity index (χ0v) is 12.5. The first kappa shape index (κ1) is 13.1. The van der Waals surface area contributed by atoms with Gasteiger partial charge in [-0.25, -0.2) is 0 Å². The summed E-state index contributed by atoms with van der Waals surface area (Å²) in [6.45, 7) is 8.10. The molecular weight excluding hydrogens is 274 g/mol. The Hall–Kier alpha value is -0.340. The predicted molar refractivity (Wildman–Crippen MR) is 77.7 cm³/mol. The van der Waals surface area contributed by atoms with Crippen LogP contribution in [-0.2, 0) is 6.54 Å². The molecule has 17 heavy (non-hydrogen) atoms. The Balaban J connectivity index is 1.98. The molecule has 0 aromatic heterocycles. The molecule has 0 atom stereocenters. The number of aryl methyl sites for hydroxylation is 2. The van der Waals surface area contributed by atoms with Crippen LogP contribution in [0, 0.1) is 19.8 Å². The molecule has 1 aliphatic rings. The molecule has 1 heterocycles. The van der Waals surface area contributed by atoms with Gasteiger partial charge in [-0.1, -0.05) is 34.1 Å². The number of likely N-dealkylation sites (tertiary alicyclic amines) is 1. The molecule has 94 valence electrons. The van der Waals surface area contributed by atoms with Gasteiger partial charge in [0.2, 0.25) is 0 Å². The second kappa shape index (κ2) is 6.01. The Kier molecular flexibility index (Phi) is 4.63. The van der Waals surface area contributed by atoms with E-state index >= 15 is 0 Å². The first-order valence-electron chi connectivity index (χ1n) is 6.54. The second-order valence-electron chi connectivity index (χ2n) is 5.24. The lowest BCUT2D eigenvalue weighted by atomic mass is 9.97. The summed E-state index contributed by atoms with van der Waals surface area (Å²) in [5.74, 6) is 0.893. The summed E-state index contributed by atoms with van der Waals surface area (Å²) in [7, 11) is 0. The number of benzene rings is 1. The molecule has 1 saturated heterocycles. The molecule has 0 aliphatic carbocycles. The van der Waals surface area contributed by atoms with Gasteiger partial charge in [-0.2, -0.15) is 0 Å². The van der Waals surface area contributed by atoms with Crippen LogP contribution in [0.1, 0.15) is 29.5 Å². The Morgan fingerprint density at radius 2 is 1.76 bits per heavy atom. The van der Waals surface area contributed by atoms with Crippen molar-refractivity contribution in [1.29, 1.82) is 0 Å². The van der Waals surface area contributed by atoms with Crippen LogP contribution in [0.15, 0.2) is 18.2 Å². The van der Waals surface area contributed by atoms with Crippen LogP contribution in [-0.4, -0.2) is 23.3 Å². The summed E-state index contributed by atoms with van der Waals surface area (Å²) in [6, 6.07) is 6.62. The zero-order valence-electron chi connectivity index (χ0n) is 10.9. The summed E-state index contributed by atoms with van der Waals surface area (Å²) in [5.41, 5.74) is 4.41. The van der Waals surface area contributed by atoms with E-state index in [2.05, 4.69) is 52.9 Å². The first-order chi connectivity index (χ1) is 8.20. The number of alkyl halides is 1. The van der Waals surface area contributed by atoms with Crippen molar-refractivity contribution < 1.29 is 0 Å². The molecule has 1 fully saturated rings. The number of halogens is 1. The van der Waals surface area contributed by atoms with Gasteiger partial charge in [0.25, 0.3) is 0 Å². The van der Waals surface area contributed by atoms with Gasteiger partial charge >= 0.3 is 0 Å². The molecule has 0 unspecified atom stereocenters. The molecule has 0 N–H and O–H groups in total. The van der Waals surface area contributed by atoms with Gasteiger partial charge < -0.3 is 0 Å². The van der Waals surface area contributed by atoms with E-state index < -0.39 is 0 Å².